The van der Waals surface area contributed by atoms with Crippen LogP contribution in [0.1, 0.15) is 342 Å². The predicted molar refractivity (Wildman–Crippen MR) is 316 cm³/mol. The van der Waals surface area contributed by atoms with Crippen LogP contribution in [0.15, 0.2) is 48.6 Å². The molecule has 0 aromatic heterocycles. The molecule has 0 unspecified atom stereocenters. The van der Waals surface area contributed by atoms with Gasteiger partial charge < -0.3 is 14.2 Å². The van der Waals surface area contributed by atoms with Gasteiger partial charge >= 0.3 is 17.9 Å². The first kappa shape index (κ1) is 70.4. The Bertz CT molecular complexity index is 1270. The molecule has 0 N–H and O–H groups in total. The molecule has 1 atom stereocenters. The van der Waals surface area contributed by atoms with Crippen LogP contribution >= 0.6 is 0 Å². The molecule has 0 amide bonds. The minimum absolute atomic E-state index is 0.0812. The lowest BCUT2D eigenvalue weighted by Crippen LogP contribution is -2.30. The normalized spacial score (nSPS) is 12.3. The van der Waals surface area contributed by atoms with E-state index in [1.165, 1.54) is 218 Å². The molecule has 6 heteroatoms. The smallest absolute Gasteiger partial charge is 0.306 e. The summed E-state index contributed by atoms with van der Waals surface area (Å²) in [5.74, 6) is -0.889. The molecule has 0 rings (SSSR count). The SMILES string of the molecule is CCCCC/C=C\C/C=C\C/C=C\C/C=C\CCCCCC(=O)O[C@@H](COC(=O)CCCCCCCCCCCCCCCCC)COC(=O)CCCCCCCCCCCCCCCCCCCCCCC. The highest BCUT2D eigenvalue weighted by atomic mass is 16.6. The summed E-state index contributed by atoms with van der Waals surface area (Å²) < 4.78 is 16.9. The first-order valence-corrected chi connectivity index (χ1v) is 32.1. The highest BCUT2D eigenvalue weighted by molar-refractivity contribution is 5.71. The fraction of sp³-hybridized carbons (Fsp3) is 0.836. The predicted octanol–water partition coefficient (Wildman–Crippen LogP) is 21.8. The molecule has 0 aliphatic carbocycles. The van der Waals surface area contributed by atoms with Gasteiger partial charge in [0.05, 0.1) is 0 Å². The Morgan fingerprint density at radius 3 is 0.795 bits per heavy atom. The van der Waals surface area contributed by atoms with E-state index in [0.29, 0.717) is 19.3 Å². The molecule has 0 heterocycles. The molecule has 0 fully saturated rings. The zero-order valence-corrected chi connectivity index (χ0v) is 48.9. The zero-order chi connectivity index (χ0) is 52.9. The standard InChI is InChI=1S/C67H122O6/c1-4-7-10-13-16-19-22-25-28-30-32-33-35-36-39-42-45-48-51-54-57-60-66(69)72-63-64(62-71-65(68)59-56-53-50-47-44-41-38-27-24-21-18-15-12-9-6-3)73-67(70)61-58-55-52-49-46-43-40-37-34-31-29-26-23-20-17-14-11-8-5-2/h17,20,26,29,34,37,43,46,64H,4-16,18-19,21-25,27-28,30-33,35-36,38-42,44-45,47-63H2,1-3H3/b20-17-,29-26-,37-34-,46-43-/t64-/m0/s1. The van der Waals surface area contributed by atoms with Gasteiger partial charge in [-0.2, -0.15) is 0 Å². The lowest BCUT2D eigenvalue weighted by molar-refractivity contribution is -0.167. The highest BCUT2D eigenvalue weighted by Crippen LogP contribution is 2.18. The van der Waals surface area contributed by atoms with Gasteiger partial charge in [-0.25, -0.2) is 0 Å². The van der Waals surface area contributed by atoms with Crippen LogP contribution in [0.2, 0.25) is 0 Å². The van der Waals surface area contributed by atoms with Gasteiger partial charge in [-0.15, -0.1) is 0 Å². The largest absolute Gasteiger partial charge is 0.462 e. The van der Waals surface area contributed by atoms with E-state index < -0.39 is 6.10 Å². The Balaban J connectivity index is 4.36. The monoisotopic (exact) mass is 1020 g/mol. The van der Waals surface area contributed by atoms with E-state index in [4.69, 9.17) is 14.2 Å². The van der Waals surface area contributed by atoms with Gasteiger partial charge in [0.25, 0.3) is 0 Å². The van der Waals surface area contributed by atoms with Crippen LogP contribution in [0.25, 0.3) is 0 Å². The van der Waals surface area contributed by atoms with E-state index >= 15 is 0 Å². The lowest BCUT2D eigenvalue weighted by Gasteiger charge is -2.18. The fourth-order valence-electron chi connectivity index (χ4n) is 9.49. The minimum atomic E-state index is -0.787. The molecule has 0 spiro atoms. The van der Waals surface area contributed by atoms with Crippen LogP contribution in [-0.2, 0) is 28.6 Å². The van der Waals surface area contributed by atoms with Gasteiger partial charge in [0.15, 0.2) is 6.10 Å². The molecule has 73 heavy (non-hydrogen) atoms. The Morgan fingerprint density at radius 2 is 0.493 bits per heavy atom. The number of allylic oxidation sites excluding steroid dienone is 8. The molecule has 0 saturated carbocycles. The number of carbonyl (C=O) groups excluding carboxylic acids is 3. The molecular weight excluding hydrogens is 901 g/mol. The van der Waals surface area contributed by atoms with Crippen LogP contribution in [0, 0.1) is 0 Å². The van der Waals surface area contributed by atoms with Crippen molar-refractivity contribution >= 4 is 17.9 Å². The molecule has 6 nitrogen and oxygen atoms in total. The van der Waals surface area contributed by atoms with E-state index in [9.17, 15) is 14.4 Å². The van der Waals surface area contributed by atoms with Crippen LogP contribution < -0.4 is 0 Å². The van der Waals surface area contributed by atoms with Crippen LogP contribution in [-0.4, -0.2) is 37.2 Å². The first-order chi connectivity index (χ1) is 36.0. The number of carbonyl (C=O) groups is 3. The summed E-state index contributed by atoms with van der Waals surface area (Å²) in [5, 5.41) is 0. The van der Waals surface area contributed by atoms with Crippen molar-refractivity contribution in [1.29, 1.82) is 0 Å². The molecule has 0 aliphatic heterocycles. The summed E-state index contributed by atoms with van der Waals surface area (Å²) in [7, 11) is 0. The second-order valence-electron chi connectivity index (χ2n) is 21.7. The van der Waals surface area contributed by atoms with Crippen molar-refractivity contribution < 1.29 is 28.6 Å². The zero-order valence-electron chi connectivity index (χ0n) is 48.9. The number of hydrogen-bond acceptors (Lipinski definition) is 6. The number of unbranched alkanes of at least 4 members (excludes halogenated alkanes) is 40. The average Bonchev–Trinajstić information content (AvgIpc) is 3.39. The summed E-state index contributed by atoms with van der Waals surface area (Å²) in [4.78, 5) is 38.3. The minimum Gasteiger partial charge on any atom is -0.462 e. The highest BCUT2D eigenvalue weighted by Gasteiger charge is 2.19. The van der Waals surface area contributed by atoms with E-state index in [1.54, 1.807) is 0 Å². The molecule has 0 aromatic rings. The van der Waals surface area contributed by atoms with Crippen molar-refractivity contribution in [2.75, 3.05) is 13.2 Å². The summed E-state index contributed by atoms with van der Waals surface area (Å²) >= 11 is 0. The first-order valence-electron chi connectivity index (χ1n) is 32.1. The Kier molecular flexibility index (Phi) is 59.7. The maximum Gasteiger partial charge on any atom is 0.306 e. The average molecular weight is 1020 g/mol. The second-order valence-corrected chi connectivity index (χ2v) is 21.7. The summed E-state index contributed by atoms with van der Waals surface area (Å²) in [6, 6.07) is 0. The van der Waals surface area contributed by atoms with Gasteiger partial charge in [-0.05, 0) is 64.2 Å². The van der Waals surface area contributed by atoms with Crippen molar-refractivity contribution in [3.63, 3.8) is 0 Å². The van der Waals surface area contributed by atoms with Crippen LogP contribution in [0.3, 0.4) is 0 Å². The maximum absolute atomic E-state index is 12.9. The summed E-state index contributed by atoms with van der Waals surface area (Å²) in [5.41, 5.74) is 0. The maximum atomic E-state index is 12.9. The number of esters is 3. The van der Waals surface area contributed by atoms with Crippen molar-refractivity contribution in [1.82, 2.24) is 0 Å². The third-order valence-corrected chi connectivity index (χ3v) is 14.3. The second kappa shape index (κ2) is 61.9. The van der Waals surface area contributed by atoms with E-state index in [2.05, 4.69) is 69.4 Å². The van der Waals surface area contributed by atoms with Crippen molar-refractivity contribution in [3.05, 3.63) is 48.6 Å². The fourth-order valence-corrected chi connectivity index (χ4v) is 9.49. The molecule has 0 radical (unpaired) electrons. The van der Waals surface area contributed by atoms with Crippen molar-refractivity contribution in [3.8, 4) is 0 Å². The molecule has 426 valence electrons. The van der Waals surface area contributed by atoms with E-state index in [0.717, 1.165) is 83.5 Å². The Labute approximate surface area is 454 Å². The third kappa shape index (κ3) is 60.1. The van der Waals surface area contributed by atoms with Crippen LogP contribution in [0.5, 0.6) is 0 Å². The van der Waals surface area contributed by atoms with E-state index in [1.807, 2.05) is 0 Å². The van der Waals surface area contributed by atoms with Crippen molar-refractivity contribution in [2.45, 2.75) is 348 Å². The Morgan fingerprint density at radius 1 is 0.274 bits per heavy atom. The van der Waals surface area contributed by atoms with Crippen LogP contribution in [0.4, 0.5) is 0 Å². The molecular formula is C67H122O6. The summed E-state index contributed by atoms with van der Waals surface area (Å²) in [6.45, 7) is 6.65. The molecule has 0 aliphatic rings. The summed E-state index contributed by atoms with van der Waals surface area (Å²) in [6.07, 6.45) is 76.9. The third-order valence-electron chi connectivity index (χ3n) is 14.3. The van der Waals surface area contributed by atoms with Gasteiger partial charge in [-0.3, -0.25) is 14.4 Å². The van der Waals surface area contributed by atoms with Gasteiger partial charge in [0, 0.05) is 19.3 Å². The van der Waals surface area contributed by atoms with Gasteiger partial charge in [0.1, 0.15) is 13.2 Å². The van der Waals surface area contributed by atoms with Gasteiger partial charge in [0.2, 0.25) is 0 Å². The Hall–Kier alpha value is -2.63. The quantitative estimate of drug-likeness (QED) is 0.0261. The molecule has 0 saturated heterocycles. The number of hydrogen-bond donors (Lipinski definition) is 0. The van der Waals surface area contributed by atoms with Gasteiger partial charge in [-0.1, -0.05) is 307 Å². The van der Waals surface area contributed by atoms with E-state index in [-0.39, 0.29) is 31.1 Å². The lowest BCUT2D eigenvalue weighted by atomic mass is 10.0. The topological polar surface area (TPSA) is 78.9 Å². The van der Waals surface area contributed by atoms with Crippen molar-refractivity contribution in [2.24, 2.45) is 0 Å². The number of ether oxygens (including phenoxy) is 3. The molecule has 0 aromatic carbocycles. The number of rotatable bonds is 59. The molecule has 0 bridgehead atoms.